The Morgan fingerprint density at radius 3 is 2.79 bits per heavy atom. The molecule has 1 amide bonds. The van der Waals surface area contributed by atoms with Gasteiger partial charge in [0.2, 0.25) is 5.91 Å². The maximum Gasteiger partial charge on any atom is 0.223 e. The molecule has 1 unspecified atom stereocenters. The molecule has 2 N–H and O–H groups in total. The minimum atomic E-state index is 0.120. The van der Waals surface area contributed by atoms with Crippen molar-refractivity contribution < 1.29 is 9.90 Å². The van der Waals surface area contributed by atoms with Gasteiger partial charge in [0.15, 0.2) is 0 Å². The van der Waals surface area contributed by atoms with E-state index in [2.05, 4.69) is 17.4 Å². The highest BCUT2D eigenvalue weighted by Gasteiger charge is 2.28. The first-order valence-corrected chi connectivity index (χ1v) is 6.93. The van der Waals surface area contributed by atoms with Crippen molar-refractivity contribution in [1.29, 1.82) is 0 Å². The van der Waals surface area contributed by atoms with E-state index in [1.807, 2.05) is 23.1 Å². The Morgan fingerprint density at radius 1 is 1.32 bits per heavy atom. The lowest BCUT2D eigenvalue weighted by Gasteiger charge is -2.16. The highest BCUT2D eigenvalue weighted by atomic mass is 16.3. The summed E-state index contributed by atoms with van der Waals surface area (Å²) >= 11 is 0. The predicted octanol–water partition coefficient (Wildman–Crippen LogP) is 1.01. The third kappa shape index (κ3) is 4.33. The Morgan fingerprint density at radius 2 is 2.11 bits per heavy atom. The fraction of sp³-hybridized carbons (Fsp3) is 0.533. The SMILES string of the molecule is O=C1CC(CO)CN1CCCNCc1ccccc1. The number of amides is 1. The number of nitrogens with one attached hydrogen (secondary N) is 1. The number of carbonyl (C=O) groups is 1. The van der Waals surface area contributed by atoms with Crippen LogP contribution in [0.2, 0.25) is 0 Å². The summed E-state index contributed by atoms with van der Waals surface area (Å²) in [5, 5.41) is 12.4. The lowest BCUT2D eigenvalue weighted by molar-refractivity contribution is -0.127. The minimum Gasteiger partial charge on any atom is -0.396 e. The van der Waals surface area contributed by atoms with Crippen LogP contribution in [-0.2, 0) is 11.3 Å². The van der Waals surface area contributed by atoms with Gasteiger partial charge in [-0.05, 0) is 18.5 Å². The van der Waals surface area contributed by atoms with Crippen molar-refractivity contribution in [2.24, 2.45) is 5.92 Å². The van der Waals surface area contributed by atoms with E-state index in [-0.39, 0.29) is 18.4 Å². The third-order valence-electron chi connectivity index (χ3n) is 3.51. The molecule has 0 spiro atoms. The average Bonchev–Trinajstić information content (AvgIpc) is 2.80. The molecule has 4 nitrogen and oxygen atoms in total. The van der Waals surface area contributed by atoms with Gasteiger partial charge in [0.05, 0.1) is 0 Å². The second-order valence-corrected chi connectivity index (χ2v) is 5.11. The van der Waals surface area contributed by atoms with Crippen molar-refractivity contribution in [2.75, 3.05) is 26.2 Å². The van der Waals surface area contributed by atoms with Crippen molar-refractivity contribution >= 4 is 5.91 Å². The summed E-state index contributed by atoms with van der Waals surface area (Å²) in [5.74, 6) is 0.326. The molecule has 1 aliphatic rings. The maximum absolute atomic E-state index is 11.6. The van der Waals surface area contributed by atoms with E-state index in [1.54, 1.807) is 0 Å². The van der Waals surface area contributed by atoms with Crippen LogP contribution in [0.3, 0.4) is 0 Å². The molecule has 1 aliphatic heterocycles. The standard InChI is InChI=1S/C15H22N2O2/c18-12-14-9-15(19)17(11-14)8-4-7-16-10-13-5-2-1-3-6-13/h1-3,5-6,14,16,18H,4,7-12H2. The summed E-state index contributed by atoms with van der Waals surface area (Å²) in [5.41, 5.74) is 1.28. The van der Waals surface area contributed by atoms with Crippen LogP contribution in [0.5, 0.6) is 0 Å². The third-order valence-corrected chi connectivity index (χ3v) is 3.51. The fourth-order valence-corrected chi connectivity index (χ4v) is 2.42. The minimum absolute atomic E-state index is 0.120. The molecule has 4 heteroatoms. The Balaban J connectivity index is 1.58. The van der Waals surface area contributed by atoms with E-state index in [4.69, 9.17) is 5.11 Å². The normalized spacial score (nSPS) is 19.1. The molecule has 19 heavy (non-hydrogen) atoms. The summed E-state index contributed by atoms with van der Waals surface area (Å²) in [6.45, 7) is 3.40. The molecule has 0 saturated carbocycles. The van der Waals surface area contributed by atoms with E-state index in [1.165, 1.54) is 5.56 Å². The van der Waals surface area contributed by atoms with E-state index < -0.39 is 0 Å². The van der Waals surface area contributed by atoms with Crippen molar-refractivity contribution in [3.8, 4) is 0 Å². The lowest BCUT2D eigenvalue weighted by Crippen LogP contribution is -2.29. The van der Waals surface area contributed by atoms with Crippen LogP contribution < -0.4 is 5.32 Å². The van der Waals surface area contributed by atoms with Crippen molar-refractivity contribution in [3.05, 3.63) is 35.9 Å². The van der Waals surface area contributed by atoms with Gasteiger partial charge in [-0.15, -0.1) is 0 Å². The number of hydrogen-bond acceptors (Lipinski definition) is 3. The number of hydrogen-bond donors (Lipinski definition) is 2. The fourth-order valence-electron chi connectivity index (χ4n) is 2.42. The van der Waals surface area contributed by atoms with Gasteiger partial charge in [-0.1, -0.05) is 30.3 Å². The number of aliphatic hydroxyl groups is 1. The van der Waals surface area contributed by atoms with Crippen LogP contribution in [0.15, 0.2) is 30.3 Å². The second kappa shape index (κ2) is 7.26. The molecule has 1 atom stereocenters. The van der Waals surface area contributed by atoms with E-state index in [9.17, 15) is 4.79 Å². The number of aliphatic hydroxyl groups excluding tert-OH is 1. The van der Waals surface area contributed by atoms with E-state index in [0.29, 0.717) is 13.0 Å². The molecular formula is C15H22N2O2. The average molecular weight is 262 g/mol. The van der Waals surface area contributed by atoms with Crippen LogP contribution in [0.1, 0.15) is 18.4 Å². The zero-order chi connectivity index (χ0) is 13.5. The second-order valence-electron chi connectivity index (χ2n) is 5.11. The number of nitrogens with zero attached hydrogens (tertiary/aromatic N) is 1. The largest absolute Gasteiger partial charge is 0.396 e. The Bertz CT molecular complexity index is 394. The molecule has 0 aromatic heterocycles. The Labute approximate surface area is 114 Å². The highest BCUT2D eigenvalue weighted by molar-refractivity contribution is 5.78. The topological polar surface area (TPSA) is 52.6 Å². The molecule has 104 valence electrons. The molecule has 1 aromatic carbocycles. The van der Waals surface area contributed by atoms with Gasteiger partial charge in [-0.3, -0.25) is 4.79 Å². The first kappa shape index (κ1) is 14.0. The smallest absolute Gasteiger partial charge is 0.223 e. The van der Waals surface area contributed by atoms with Gasteiger partial charge in [0, 0.05) is 38.6 Å². The maximum atomic E-state index is 11.6. The molecule has 0 radical (unpaired) electrons. The number of carbonyl (C=O) groups excluding carboxylic acids is 1. The summed E-state index contributed by atoms with van der Waals surface area (Å²) in [7, 11) is 0. The molecule has 1 aromatic rings. The molecule has 1 heterocycles. The van der Waals surface area contributed by atoms with Crippen molar-refractivity contribution in [3.63, 3.8) is 0 Å². The Hall–Kier alpha value is -1.39. The van der Waals surface area contributed by atoms with E-state index >= 15 is 0 Å². The number of rotatable bonds is 7. The van der Waals surface area contributed by atoms with Crippen LogP contribution in [0, 0.1) is 5.92 Å². The van der Waals surface area contributed by atoms with E-state index in [0.717, 1.165) is 26.1 Å². The molecule has 2 rings (SSSR count). The van der Waals surface area contributed by atoms with Gasteiger partial charge in [-0.2, -0.15) is 0 Å². The molecular weight excluding hydrogens is 240 g/mol. The van der Waals surface area contributed by atoms with Crippen LogP contribution >= 0.6 is 0 Å². The molecule has 0 bridgehead atoms. The Kier molecular flexibility index (Phi) is 5.36. The predicted molar refractivity (Wildman–Crippen MR) is 74.5 cm³/mol. The molecule has 1 saturated heterocycles. The summed E-state index contributed by atoms with van der Waals surface area (Å²) in [6.07, 6.45) is 1.46. The monoisotopic (exact) mass is 262 g/mol. The summed E-state index contributed by atoms with van der Waals surface area (Å²) in [6, 6.07) is 10.3. The molecule has 1 fully saturated rings. The summed E-state index contributed by atoms with van der Waals surface area (Å²) in [4.78, 5) is 13.5. The molecule has 0 aliphatic carbocycles. The number of benzene rings is 1. The van der Waals surface area contributed by atoms with Gasteiger partial charge in [0.1, 0.15) is 0 Å². The first-order chi connectivity index (χ1) is 9.29. The summed E-state index contributed by atoms with van der Waals surface area (Å²) < 4.78 is 0. The number of likely N-dealkylation sites (tertiary alicyclic amines) is 1. The van der Waals surface area contributed by atoms with Crippen LogP contribution in [0.4, 0.5) is 0 Å². The zero-order valence-electron chi connectivity index (χ0n) is 11.2. The highest BCUT2D eigenvalue weighted by Crippen LogP contribution is 2.16. The van der Waals surface area contributed by atoms with Gasteiger partial charge in [-0.25, -0.2) is 0 Å². The van der Waals surface area contributed by atoms with Gasteiger partial charge >= 0.3 is 0 Å². The quantitative estimate of drug-likeness (QED) is 0.721. The van der Waals surface area contributed by atoms with Gasteiger partial charge < -0.3 is 15.3 Å². The van der Waals surface area contributed by atoms with Crippen LogP contribution in [0.25, 0.3) is 0 Å². The van der Waals surface area contributed by atoms with Crippen LogP contribution in [-0.4, -0.2) is 42.2 Å². The van der Waals surface area contributed by atoms with Gasteiger partial charge in [0.25, 0.3) is 0 Å². The zero-order valence-corrected chi connectivity index (χ0v) is 11.2. The van der Waals surface area contributed by atoms with Crippen molar-refractivity contribution in [2.45, 2.75) is 19.4 Å². The first-order valence-electron chi connectivity index (χ1n) is 6.93. The van der Waals surface area contributed by atoms with Crippen molar-refractivity contribution in [1.82, 2.24) is 10.2 Å². The lowest BCUT2D eigenvalue weighted by atomic mass is 10.1.